The van der Waals surface area contributed by atoms with Gasteiger partial charge in [-0.3, -0.25) is 15.2 Å². The van der Waals surface area contributed by atoms with Crippen molar-refractivity contribution in [3.05, 3.63) is 41.6 Å². The number of carbonyl (C=O) groups excluding carboxylic acids is 1. The Morgan fingerprint density at radius 1 is 1.40 bits per heavy atom. The van der Waals surface area contributed by atoms with Gasteiger partial charge in [0, 0.05) is 17.3 Å². The number of aromatic amines is 2. The van der Waals surface area contributed by atoms with Gasteiger partial charge >= 0.3 is 0 Å². The van der Waals surface area contributed by atoms with E-state index in [1.54, 1.807) is 12.1 Å². The minimum absolute atomic E-state index is 0.219. The van der Waals surface area contributed by atoms with Crippen LogP contribution in [0.15, 0.2) is 24.3 Å². The summed E-state index contributed by atoms with van der Waals surface area (Å²) < 4.78 is 13.1. The highest BCUT2D eigenvalue weighted by molar-refractivity contribution is 6.05. The number of hydrogen-bond acceptors (Lipinski definition) is 3. The molecular formula is C13H12FN5O. The highest BCUT2D eigenvalue weighted by Gasteiger charge is 2.12. The number of rotatable bonds is 3. The second-order valence-electron chi connectivity index (χ2n) is 4.33. The van der Waals surface area contributed by atoms with Crippen molar-refractivity contribution < 1.29 is 9.18 Å². The van der Waals surface area contributed by atoms with Crippen molar-refractivity contribution in [1.29, 1.82) is 0 Å². The van der Waals surface area contributed by atoms with Gasteiger partial charge in [0.1, 0.15) is 17.3 Å². The summed E-state index contributed by atoms with van der Waals surface area (Å²) in [5.74, 6) is 0.187. The summed E-state index contributed by atoms with van der Waals surface area (Å²) in [6.07, 6.45) is 0.703. The first-order valence-corrected chi connectivity index (χ1v) is 6.16. The number of benzene rings is 1. The lowest BCUT2D eigenvalue weighted by Crippen LogP contribution is -2.13. The van der Waals surface area contributed by atoms with Crippen LogP contribution in [0.5, 0.6) is 0 Å². The van der Waals surface area contributed by atoms with E-state index in [0.29, 0.717) is 23.5 Å². The molecule has 2 aromatic heterocycles. The van der Waals surface area contributed by atoms with Gasteiger partial charge in [-0.2, -0.15) is 4.98 Å². The van der Waals surface area contributed by atoms with Crippen LogP contribution in [0.4, 0.5) is 10.3 Å². The smallest absolute Gasteiger partial charge is 0.274 e. The van der Waals surface area contributed by atoms with Crippen LogP contribution in [0.25, 0.3) is 10.9 Å². The highest BCUT2D eigenvalue weighted by atomic mass is 19.1. The molecule has 1 amide bonds. The van der Waals surface area contributed by atoms with Crippen molar-refractivity contribution in [2.75, 3.05) is 5.32 Å². The molecule has 7 heteroatoms. The van der Waals surface area contributed by atoms with Gasteiger partial charge in [0.15, 0.2) is 0 Å². The molecule has 0 aliphatic heterocycles. The number of amides is 1. The van der Waals surface area contributed by atoms with Crippen LogP contribution in [0, 0.1) is 5.82 Å². The number of fused-ring (bicyclic) bond motifs is 1. The number of H-pyrrole nitrogens is 2. The van der Waals surface area contributed by atoms with Gasteiger partial charge in [-0.25, -0.2) is 4.39 Å². The average Bonchev–Trinajstić information content (AvgIpc) is 3.04. The first kappa shape index (κ1) is 12.3. The third-order valence-electron chi connectivity index (χ3n) is 2.92. The van der Waals surface area contributed by atoms with Crippen molar-refractivity contribution in [3.8, 4) is 0 Å². The average molecular weight is 273 g/mol. The van der Waals surface area contributed by atoms with Gasteiger partial charge in [0.05, 0.1) is 0 Å². The standard InChI is InChI=1S/C13H12FN5O/c1-2-11-16-13(19-18-11)17-12(20)10-5-7-3-4-8(14)6-9(7)15-10/h3-6,15H,2H2,1H3,(H2,16,17,18,19,20). The van der Waals surface area contributed by atoms with E-state index >= 15 is 0 Å². The van der Waals surface area contributed by atoms with Gasteiger partial charge in [-0.15, -0.1) is 5.10 Å². The van der Waals surface area contributed by atoms with Crippen LogP contribution in [0.2, 0.25) is 0 Å². The van der Waals surface area contributed by atoms with E-state index in [1.165, 1.54) is 12.1 Å². The number of anilines is 1. The Morgan fingerprint density at radius 3 is 3.00 bits per heavy atom. The topological polar surface area (TPSA) is 86.5 Å². The summed E-state index contributed by atoms with van der Waals surface area (Å²) in [5, 5.41) is 9.92. The largest absolute Gasteiger partial charge is 0.350 e. The van der Waals surface area contributed by atoms with E-state index in [2.05, 4.69) is 25.5 Å². The fraction of sp³-hybridized carbons (Fsp3) is 0.154. The van der Waals surface area contributed by atoms with Gasteiger partial charge in [-0.1, -0.05) is 6.92 Å². The molecule has 1 aromatic carbocycles. The third kappa shape index (κ3) is 2.25. The molecule has 3 aromatic rings. The molecule has 0 atom stereocenters. The van der Waals surface area contributed by atoms with Crippen LogP contribution in [-0.4, -0.2) is 26.1 Å². The second kappa shape index (κ2) is 4.76. The Labute approximate surface area is 113 Å². The predicted molar refractivity (Wildman–Crippen MR) is 72.0 cm³/mol. The third-order valence-corrected chi connectivity index (χ3v) is 2.92. The van der Waals surface area contributed by atoms with Crippen LogP contribution in [0.1, 0.15) is 23.2 Å². The van der Waals surface area contributed by atoms with Crippen molar-refractivity contribution >= 4 is 22.8 Å². The summed E-state index contributed by atoms with van der Waals surface area (Å²) in [7, 11) is 0. The molecule has 0 radical (unpaired) electrons. The normalized spacial score (nSPS) is 10.9. The minimum atomic E-state index is -0.372. The molecule has 2 heterocycles. The van der Waals surface area contributed by atoms with Gasteiger partial charge < -0.3 is 4.98 Å². The van der Waals surface area contributed by atoms with E-state index in [-0.39, 0.29) is 17.7 Å². The Morgan fingerprint density at radius 2 is 2.25 bits per heavy atom. The summed E-state index contributed by atoms with van der Waals surface area (Å²) in [6, 6.07) is 5.95. The quantitative estimate of drug-likeness (QED) is 0.684. The first-order chi connectivity index (χ1) is 9.65. The maximum Gasteiger partial charge on any atom is 0.274 e. The Bertz CT molecular complexity index is 776. The Balaban J connectivity index is 1.84. The summed E-state index contributed by atoms with van der Waals surface area (Å²) in [4.78, 5) is 19.0. The number of aromatic nitrogens is 4. The molecular weight excluding hydrogens is 261 g/mol. The van der Waals surface area contributed by atoms with Crippen molar-refractivity contribution in [1.82, 2.24) is 20.2 Å². The lowest BCUT2D eigenvalue weighted by molar-refractivity contribution is 0.102. The Kier molecular flexibility index (Phi) is 2.94. The van der Waals surface area contributed by atoms with Crippen LogP contribution in [0.3, 0.4) is 0 Å². The van der Waals surface area contributed by atoms with E-state index in [0.717, 1.165) is 5.39 Å². The van der Waals surface area contributed by atoms with E-state index in [4.69, 9.17) is 0 Å². The summed E-state index contributed by atoms with van der Waals surface area (Å²) in [6.45, 7) is 1.93. The zero-order chi connectivity index (χ0) is 14.1. The minimum Gasteiger partial charge on any atom is -0.350 e. The maximum absolute atomic E-state index is 13.1. The fourth-order valence-electron chi connectivity index (χ4n) is 1.90. The van der Waals surface area contributed by atoms with E-state index in [1.807, 2.05) is 6.92 Å². The number of halogens is 1. The van der Waals surface area contributed by atoms with Crippen molar-refractivity contribution in [2.24, 2.45) is 0 Å². The highest BCUT2D eigenvalue weighted by Crippen LogP contribution is 2.17. The zero-order valence-electron chi connectivity index (χ0n) is 10.7. The molecule has 0 aliphatic rings. The van der Waals surface area contributed by atoms with Gasteiger partial charge in [0.2, 0.25) is 5.95 Å². The fourth-order valence-corrected chi connectivity index (χ4v) is 1.90. The molecule has 0 saturated carbocycles. The summed E-state index contributed by atoms with van der Waals surface area (Å²) >= 11 is 0. The number of carbonyl (C=O) groups is 1. The van der Waals surface area contributed by atoms with Crippen LogP contribution in [-0.2, 0) is 6.42 Å². The van der Waals surface area contributed by atoms with Crippen molar-refractivity contribution in [2.45, 2.75) is 13.3 Å². The molecule has 6 nitrogen and oxygen atoms in total. The molecule has 0 spiro atoms. The lowest BCUT2D eigenvalue weighted by atomic mass is 10.2. The molecule has 0 unspecified atom stereocenters. The van der Waals surface area contributed by atoms with Crippen molar-refractivity contribution in [3.63, 3.8) is 0 Å². The monoisotopic (exact) mass is 273 g/mol. The molecule has 102 valence electrons. The molecule has 3 N–H and O–H groups in total. The second-order valence-corrected chi connectivity index (χ2v) is 4.33. The number of nitrogens with one attached hydrogen (secondary N) is 3. The molecule has 0 saturated heterocycles. The van der Waals surface area contributed by atoms with Crippen LogP contribution < -0.4 is 5.32 Å². The number of aryl methyl sites for hydroxylation is 1. The first-order valence-electron chi connectivity index (χ1n) is 6.16. The number of hydrogen-bond donors (Lipinski definition) is 3. The molecule has 3 rings (SSSR count). The lowest BCUT2D eigenvalue weighted by Gasteiger charge is -1.96. The molecule has 0 aliphatic carbocycles. The summed E-state index contributed by atoms with van der Waals surface area (Å²) in [5.41, 5.74) is 0.896. The van der Waals surface area contributed by atoms with E-state index in [9.17, 15) is 9.18 Å². The maximum atomic E-state index is 13.1. The molecule has 20 heavy (non-hydrogen) atoms. The number of nitrogens with zero attached hydrogens (tertiary/aromatic N) is 2. The zero-order valence-corrected chi connectivity index (χ0v) is 10.7. The molecule has 0 fully saturated rings. The SMILES string of the molecule is CCc1nc(NC(=O)c2cc3ccc(F)cc3[nH]2)n[nH]1. The van der Waals surface area contributed by atoms with Gasteiger partial charge in [-0.05, 0) is 24.3 Å². The van der Waals surface area contributed by atoms with Crippen LogP contribution >= 0.6 is 0 Å². The van der Waals surface area contributed by atoms with Gasteiger partial charge in [0.25, 0.3) is 5.91 Å². The molecule has 0 bridgehead atoms. The Hall–Kier alpha value is -2.70. The van der Waals surface area contributed by atoms with E-state index < -0.39 is 0 Å². The predicted octanol–water partition coefficient (Wildman–Crippen LogP) is 2.24.